The van der Waals surface area contributed by atoms with Crippen molar-refractivity contribution in [1.29, 1.82) is 0 Å². The van der Waals surface area contributed by atoms with Gasteiger partial charge in [-0.3, -0.25) is 5.32 Å². The molecule has 0 amide bonds. The minimum atomic E-state index is 0.0752. The molecule has 0 spiro atoms. The van der Waals surface area contributed by atoms with Crippen molar-refractivity contribution in [3.8, 4) is 0 Å². The number of rotatable bonds is 2. The summed E-state index contributed by atoms with van der Waals surface area (Å²) in [6, 6.07) is 21.6. The summed E-state index contributed by atoms with van der Waals surface area (Å²) in [7, 11) is 0. The third-order valence-electron chi connectivity index (χ3n) is 4.50. The van der Waals surface area contributed by atoms with Crippen molar-refractivity contribution in [1.82, 2.24) is 5.32 Å². The predicted molar refractivity (Wildman–Crippen MR) is 80.0 cm³/mol. The average Bonchev–Trinajstić information content (AvgIpc) is 2.80. The third-order valence-corrected chi connectivity index (χ3v) is 4.50. The molecule has 0 aromatic heterocycles. The van der Waals surface area contributed by atoms with Crippen LogP contribution in [0.2, 0.25) is 0 Å². The summed E-state index contributed by atoms with van der Waals surface area (Å²) in [5.41, 5.74) is 2.92. The molecule has 1 saturated heterocycles. The molecule has 1 aliphatic rings. The van der Waals surface area contributed by atoms with Crippen LogP contribution >= 0.6 is 0 Å². The second-order valence-electron chi connectivity index (χ2n) is 6.02. The smallest absolute Gasteiger partial charge is 0.0414 e. The van der Waals surface area contributed by atoms with Crippen molar-refractivity contribution in [2.45, 2.75) is 37.8 Å². The third kappa shape index (κ3) is 2.19. The van der Waals surface area contributed by atoms with Crippen LogP contribution in [0.5, 0.6) is 0 Å². The first-order valence-corrected chi connectivity index (χ1v) is 7.03. The fraction of sp³-hybridized carbons (Fsp3) is 0.333. The van der Waals surface area contributed by atoms with E-state index in [4.69, 9.17) is 0 Å². The Bertz CT molecular complexity index is 497. The Kier molecular flexibility index (Phi) is 2.94. The van der Waals surface area contributed by atoms with Gasteiger partial charge in [-0.2, -0.15) is 0 Å². The topological polar surface area (TPSA) is 12.0 Å². The summed E-state index contributed by atoms with van der Waals surface area (Å²) in [6.07, 6.45) is 2.34. The van der Waals surface area contributed by atoms with Crippen LogP contribution in [0.4, 0.5) is 0 Å². The van der Waals surface area contributed by atoms with Crippen molar-refractivity contribution in [3.05, 3.63) is 71.8 Å². The van der Waals surface area contributed by atoms with Crippen LogP contribution in [-0.2, 0) is 11.1 Å². The molecule has 0 radical (unpaired) electrons. The molecule has 98 valence electrons. The van der Waals surface area contributed by atoms with Crippen molar-refractivity contribution in [2.75, 3.05) is 0 Å². The Hall–Kier alpha value is -1.60. The van der Waals surface area contributed by atoms with Crippen LogP contribution in [0.1, 0.15) is 37.8 Å². The summed E-state index contributed by atoms with van der Waals surface area (Å²) in [5, 5.41) is 3.88. The first kappa shape index (κ1) is 12.4. The summed E-state index contributed by atoms with van der Waals surface area (Å²) >= 11 is 0. The number of benzene rings is 2. The zero-order valence-corrected chi connectivity index (χ0v) is 11.7. The molecule has 0 aliphatic carbocycles. The van der Waals surface area contributed by atoms with Crippen LogP contribution in [0.15, 0.2) is 60.7 Å². The van der Waals surface area contributed by atoms with Crippen molar-refractivity contribution >= 4 is 0 Å². The Balaban J connectivity index is 1.92. The van der Waals surface area contributed by atoms with E-state index >= 15 is 0 Å². The van der Waals surface area contributed by atoms with Gasteiger partial charge in [0.15, 0.2) is 0 Å². The summed E-state index contributed by atoms with van der Waals surface area (Å²) in [4.78, 5) is 0. The van der Waals surface area contributed by atoms with Crippen LogP contribution < -0.4 is 5.32 Å². The highest BCUT2D eigenvalue weighted by Crippen LogP contribution is 2.42. The Morgan fingerprint density at radius 3 is 1.42 bits per heavy atom. The molecular weight excluding hydrogens is 230 g/mol. The van der Waals surface area contributed by atoms with E-state index in [1.165, 1.54) is 24.0 Å². The van der Waals surface area contributed by atoms with Gasteiger partial charge in [0.2, 0.25) is 0 Å². The van der Waals surface area contributed by atoms with E-state index in [0.29, 0.717) is 0 Å². The number of hydrogen-bond acceptors (Lipinski definition) is 1. The summed E-state index contributed by atoms with van der Waals surface area (Å²) in [6.45, 7) is 4.63. The largest absolute Gasteiger partial charge is 0.298 e. The summed E-state index contributed by atoms with van der Waals surface area (Å²) < 4.78 is 0. The zero-order chi connectivity index (χ0) is 13.3. The molecule has 2 aromatic carbocycles. The predicted octanol–water partition coefficient (Wildman–Crippen LogP) is 4.20. The Morgan fingerprint density at radius 1 is 0.684 bits per heavy atom. The first-order valence-electron chi connectivity index (χ1n) is 7.03. The van der Waals surface area contributed by atoms with Gasteiger partial charge in [0, 0.05) is 11.1 Å². The van der Waals surface area contributed by atoms with Crippen LogP contribution in [0, 0.1) is 0 Å². The highest BCUT2D eigenvalue weighted by molar-refractivity contribution is 5.31. The fourth-order valence-corrected chi connectivity index (χ4v) is 3.28. The van der Waals surface area contributed by atoms with Gasteiger partial charge in [0.25, 0.3) is 0 Å². The first-order chi connectivity index (χ1) is 9.12. The van der Waals surface area contributed by atoms with E-state index in [1.54, 1.807) is 0 Å². The van der Waals surface area contributed by atoms with Crippen molar-refractivity contribution in [2.24, 2.45) is 0 Å². The van der Waals surface area contributed by atoms with Crippen molar-refractivity contribution in [3.63, 3.8) is 0 Å². The molecule has 1 nitrogen and oxygen atoms in total. The average molecular weight is 251 g/mol. The molecule has 2 aromatic rings. The molecule has 3 rings (SSSR count). The van der Waals surface area contributed by atoms with E-state index in [2.05, 4.69) is 79.8 Å². The quantitative estimate of drug-likeness (QED) is 0.843. The molecule has 19 heavy (non-hydrogen) atoms. The van der Waals surface area contributed by atoms with E-state index in [9.17, 15) is 0 Å². The fourth-order valence-electron chi connectivity index (χ4n) is 3.28. The maximum absolute atomic E-state index is 3.88. The molecule has 1 heterocycles. The van der Waals surface area contributed by atoms with E-state index in [-0.39, 0.29) is 11.1 Å². The number of nitrogens with one attached hydrogen (secondary N) is 1. The SMILES string of the molecule is CC1(c2ccccc2)CCC(C)(c2ccccc2)N1. The normalized spacial score (nSPS) is 30.4. The van der Waals surface area contributed by atoms with Crippen LogP contribution in [-0.4, -0.2) is 0 Å². The minimum absolute atomic E-state index is 0.0752. The standard InChI is InChI=1S/C18H21N/c1-17(15-9-5-3-6-10-15)13-14-18(2,19-17)16-11-7-4-8-12-16/h3-12,19H,13-14H2,1-2H3. The minimum Gasteiger partial charge on any atom is -0.298 e. The van der Waals surface area contributed by atoms with Crippen molar-refractivity contribution < 1.29 is 0 Å². The molecule has 2 atom stereocenters. The lowest BCUT2D eigenvalue weighted by molar-refractivity contribution is 0.339. The lowest BCUT2D eigenvalue weighted by atomic mass is 9.89. The lowest BCUT2D eigenvalue weighted by Gasteiger charge is -2.32. The Labute approximate surface area is 115 Å². The van der Waals surface area contributed by atoms with Gasteiger partial charge in [-0.05, 0) is 37.8 Å². The van der Waals surface area contributed by atoms with Gasteiger partial charge in [-0.25, -0.2) is 0 Å². The second kappa shape index (κ2) is 4.50. The molecular formula is C18H21N. The maximum Gasteiger partial charge on any atom is 0.0414 e. The van der Waals surface area contributed by atoms with Gasteiger partial charge in [-0.15, -0.1) is 0 Å². The van der Waals surface area contributed by atoms with E-state index in [0.717, 1.165) is 0 Å². The number of hydrogen-bond donors (Lipinski definition) is 1. The zero-order valence-electron chi connectivity index (χ0n) is 11.7. The highest BCUT2D eigenvalue weighted by atomic mass is 15.1. The molecule has 1 heteroatoms. The molecule has 1 N–H and O–H groups in total. The molecule has 0 saturated carbocycles. The monoisotopic (exact) mass is 251 g/mol. The molecule has 2 unspecified atom stereocenters. The van der Waals surface area contributed by atoms with Gasteiger partial charge in [-0.1, -0.05) is 60.7 Å². The van der Waals surface area contributed by atoms with Gasteiger partial charge in [0.1, 0.15) is 0 Å². The molecule has 1 aliphatic heterocycles. The van der Waals surface area contributed by atoms with Gasteiger partial charge >= 0.3 is 0 Å². The van der Waals surface area contributed by atoms with E-state index in [1.807, 2.05) is 0 Å². The second-order valence-corrected chi connectivity index (χ2v) is 6.02. The molecule has 0 bridgehead atoms. The highest BCUT2D eigenvalue weighted by Gasteiger charge is 2.43. The van der Waals surface area contributed by atoms with Crippen LogP contribution in [0.3, 0.4) is 0 Å². The maximum atomic E-state index is 3.88. The van der Waals surface area contributed by atoms with Gasteiger partial charge < -0.3 is 0 Å². The van der Waals surface area contributed by atoms with E-state index < -0.39 is 0 Å². The summed E-state index contributed by atoms with van der Waals surface area (Å²) in [5.74, 6) is 0. The Morgan fingerprint density at radius 2 is 1.05 bits per heavy atom. The van der Waals surface area contributed by atoms with Gasteiger partial charge in [0.05, 0.1) is 0 Å². The van der Waals surface area contributed by atoms with Crippen LogP contribution in [0.25, 0.3) is 0 Å². The molecule has 1 fully saturated rings. The lowest BCUT2D eigenvalue weighted by Crippen LogP contribution is -2.43.